The number of nitrogens with one attached hydrogen (secondary N) is 1. The number of hydrogen-bond acceptors (Lipinski definition) is 4. The molecule has 0 spiro atoms. The number of unbranched alkanes of at least 4 members (excludes halogenated alkanes) is 5. The van der Waals surface area contributed by atoms with Crippen molar-refractivity contribution in [3.63, 3.8) is 0 Å². The van der Waals surface area contributed by atoms with E-state index in [0.717, 1.165) is 25.7 Å². The lowest BCUT2D eigenvalue weighted by Crippen LogP contribution is -2.45. The van der Waals surface area contributed by atoms with Crippen LogP contribution < -0.4 is 4.72 Å². The molecular weight excluding hydrogens is 298 g/mol. The summed E-state index contributed by atoms with van der Waals surface area (Å²) in [5.74, 6) is 0. The molecule has 0 rings (SSSR count). The van der Waals surface area contributed by atoms with Crippen molar-refractivity contribution in [2.75, 3.05) is 6.54 Å². The Morgan fingerprint density at radius 1 is 0.955 bits per heavy atom. The molecule has 6 heteroatoms. The molecule has 1 atom stereocenters. The van der Waals surface area contributed by atoms with Gasteiger partial charge < -0.3 is 0 Å². The quantitative estimate of drug-likeness (QED) is 0.523. The van der Waals surface area contributed by atoms with E-state index in [4.69, 9.17) is 5.26 Å². The topological polar surface area (TPSA) is 93.8 Å². The number of rotatable bonds is 13. The molecule has 126 valence electrons. The van der Waals surface area contributed by atoms with Gasteiger partial charge in [0, 0.05) is 13.0 Å². The predicted octanol–water partition coefficient (Wildman–Crippen LogP) is 3.63. The lowest BCUT2D eigenvalue weighted by molar-refractivity contribution is 0.478. The molecule has 1 unspecified atom stereocenters. The summed E-state index contributed by atoms with van der Waals surface area (Å²) in [5, 5.41) is 18.0. The smallest absolute Gasteiger partial charge is 0.213 e. The first-order valence-electron chi connectivity index (χ1n) is 8.27. The van der Waals surface area contributed by atoms with E-state index in [0.29, 0.717) is 19.3 Å². The molecule has 0 aromatic heterocycles. The second kappa shape index (κ2) is 11.5. The first-order valence-corrected chi connectivity index (χ1v) is 9.75. The van der Waals surface area contributed by atoms with Crippen LogP contribution in [0.2, 0.25) is 0 Å². The zero-order valence-corrected chi connectivity index (χ0v) is 14.7. The average Bonchev–Trinajstić information content (AvgIpc) is 2.49. The van der Waals surface area contributed by atoms with Gasteiger partial charge in [-0.1, -0.05) is 58.8 Å². The molecule has 0 heterocycles. The summed E-state index contributed by atoms with van der Waals surface area (Å²) in [6.45, 7) is 4.11. The number of nitrogens with zero attached hydrogens (tertiary/aromatic N) is 2. The number of hydrogen-bond donors (Lipinski definition) is 1. The summed E-state index contributed by atoms with van der Waals surface area (Å²) in [6.07, 6.45) is 7.79. The Bertz CT molecular complexity index is 477. The lowest BCUT2D eigenvalue weighted by Gasteiger charge is -2.26. The van der Waals surface area contributed by atoms with Crippen LogP contribution in [0, 0.1) is 22.7 Å². The van der Waals surface area contributed by atoms with Gasteiger partial charge in [0.2, 0.25) is 10.0 Å². The van der Waals surface area contributed by atoms with Crippen LogP contribution in [-0.4, -0.2) is 19.7 Å². The molecule has 0 amide bonds. The van der Waals surface area contributed by atoms with Crippen LogP contribution in [0.5, 0.6) is 0 Å². The molecule has 0 saturated carbocycles. The maximum absolute atomic E-state index is 12.5. The molecule has 1 N–H and O–H groups in total. The summed E-state index contributed by atoms with van der Waals surface area (Å²) in [4.78, 5) is 0. The van der Waals surface area contributed by atoms with E-state index in [9.17, 15) is 13.7 Å². The Kier molecular flexibility index (Phi) is 10.9. The second-order valence-electron chi connectivity index (χ2n) is 5.68. The van der Waals surface area contributed by atoms with Crippen molar-refractivity contribution in [2.45, 2.75) is 82.8 Å². The van der Waals surface area contributed by atoms with Crippen molar-refractivity contribution in [3.8, 4) is 12.1 Å². The molecule has 22 heavy (non-hydrogen) atoms. The van der Waals surface area contributed by atoms with Gasteiger partial charge in [-0.25, -0.2) is 13.1 Å². The Labute approximate surface area is 135 Å². The molecule has 0 bridgehead atoms. The predicted molar refractivity (Wildman–Crippen MR) is 88.4 cm³/mol. The van der Waals surface area contributed by atoms with Crippen molar-refractivity contribution >= 4 is 10.0 Å². The Balaban J connectivity index is 4.71. The zero-order chi connectivity index (χ0) is 16.9. The van der Waals surface area contributed by atoms with Crippen LogP contribution >= 0.6 is 0 Å². The van der Waals surface area contributed by atoms with Crippen LogP contribution in [0.1, 0.15) is 78.1 Å². The minimum absolute atomic E-state index is 0.0719. The van der Waals surface area contributed by atoms with Gasteiger partial charge in [-0.05, 0) is 12.8 Å². The first-order chi connectivity index (χ1) is 10.5. The molecule has 0 aromatic rings. The molecule has 0 aromatic carbocycles. The van der Waals surface area contributed by atoms with Crippen LogP contribution in [-0.2, 0) is 10.0 Å². The van der Waals surface area contributed by atoms with Crippen molar-refractivity contribution in [1.29, 1.82) is 10.5 Å². The highest BCUT2D eigenvalue weighted by molar-refractivity contribution is 7.91. The van der Waals surface area contributed by atoms with E-state index >= 15 is 0 Å². The van der Waals surface area contributed by atoms with Gasteiger partial charge >= 0.3 is 0 Å². The molecule has 5 nitrogen and oxygen atoms in total. The molecule has 0 saturated heterocycles. The molecular formula is C16H29N3O2S. The maximum atomic E-state index is 12.5. The second-order valence-corrected chi connectivity index (χ2v) is 7.76. The van der Waals surface area contributed by atoms with Gasteiger partial charge in [0.25, 0.3) is 0 Å². The minimum atomic E-state index is -3.73. The van der Waals surface area contributed by atoms with Crippen molar-refractivity contribution in [1.82, 2.24) is 4.72 Å². The Morgan fingerprint density at radius 3 is 2.14 bits per heavy atom. The summed E-state index contributed by atoms with van der Waals surface area (Å²) < 4.78 is 26.0. The molecule has 0 aliphatic carbocycles. The van der Waals surface area contributed by atoms with E-state index in [1.54, 1.807) is 0 Å². The minimum Gasteiger partial charge on any atom is -0.213 e. The first kappa shape index (κ1) is 20.9. The number of nitriles is 2. The molecule has 0 radical (unpaired) electrons. The summed E-state index contributed by atoms with van der Waals surface area (Å²) in [7, 11) is -3.73. The van der Waals surface area contributed by atoms with Crippen molar-refractivity contribution in [3.05, 3.63) is 0 Å². The zero-order valence-electron chi connectivity index (χ0n) is 13.9. The third kappa shape index (κ3) is 6.77. The number of sulfonamides is 1. The normalized spacial score (nSPS) is 14.0. The highest BCUT2D eigenvalue weighted by Crippen LogP contribution is 2.29. The third-order valence-electron chi connectivity index (χ3n) is 3.84. The van der Waals surface area contributed by atoms with E-state index in [2.05, 4.69) is 17.7 Å². The Morgan fingerprint density at radius 2 is 1.59 bits per heavy atom. The van der Waals surface area contributed by atoms with Crippen LogP contribution in [0.3, 0.4) is 0 Å². The molecule has 0 aliphatic rings. The SMILES string of the molecule is CCCCCCCCC(C#N)(CCC)S(=O)(=O)NCCC#N. The maximum Gasteiger partial charge on any atom is 0.230 e. The third-order valence-corrected chi connectivity index (χ3v) is 5.95. The van der Waals surface area contributed by atoms with Crippen LogP contribution in [0.15, 0.2) is 0 Å². The van der Waals surface area contributed by atoms with Crippen LogP contribution in [0.25, 0.3) is 0 Å². The van der Waals surface area contributed by atoms with E-state index in [1.165, 1.54) is 12.8 Å². The largest absolute Gasteiger partial charge is 0.230 e. The van der Waals surface area contributed by atoms with Crippen molar-refractivity contribution in [2.24, 2.45) is 0 Å². The highest BCUT2D eigenvalue weighted by atomic mass is 32.2. The van der Waals surface area contributed by atoms with Crippen molar-refractivity contribution < 1.29 is 8.42 Å². The molecule has 0 fully saturated rings. The Hall–Kier alpha value is -1.11. The summed E-state index contributed by atoms with van der Waals surface area (Å²) in [6, 6.07) is 3.96. The highest BCUT2D eigenvalue weighted by Gasteiger charge is 2.42. The standard InChI is InChI=1S/C16H29N3O2S/c1-3-5-6-7-8-9-12-16(15-18,11-4-2)22(20,21)19-14-10-13-17/h19H,3-12,14H2,1-2H3. The lowest BCUT2D eigenvalue weighted by atomic mass is 9.96. The van der Waals surface area contributed by atoms with Gasteiger partial charge in [-0.2, -0.15) is 10.5 Å². The molecule has 0 aliphatic heterocycles. The summed E-state index contributed by atoms with van der Waals surface area (Å²) in [5.41, 5.74) is 0. The van der Waals surface area contributed by atoms with Gasteiger partial charge in [0.1, 0.15) is 0 Å². The van der Waals surface area contributed by atoms with E-state index in [-0.39, 0.29) is 13.0 Å². The van der Waals surface area contributed by atoms with Gasteiger partial charge in [0.15, 0.2) is 4.75 Å². The van der Waals surface area contributed by atoms with E-state index < -0.39 is 14.8 Å². The summed E-state index contributed by atoms with van der Waals surface area (Å²) >= 11 is 0. The fraction of sp³-hybridized carbons (Fsp3) is 0.875. The van der Waals surface area contributed by atoms with Gasteiger partial charge in [-0.15, -0.1) is 0 Å². The fourth-order valence-corrected chi connectivity index (χ4v) is 4.19. The van der Waals surface area contributed by atoms with Crippen LogP contribution in [0.4, 0.5) is 0 Å². The fourth-order valence-electron chi connectivity index (χ4n) is 2.54. The average molecular weight is 327 g/mol. The van der Waals surface area contributed by atoms with Gasteiger partial charge in [-0.3, -0.25) is 0 Å². The monoisotopic (exact) mass is 327 g/mol. The van der Waals surface area contributed by atoms with Gasteiger partial charge in [0.05, 0.1) is 12.1 Å². The van der Waals surface area contributed by atoms with E-state index in [1.807, 2.05) is 13.0 Å².